The highest BCUT2D eigenvalue weighted by molar-refractivity contribution is 6.06. The summed E-state index contributed by atoms with van der Waals surface area (Å²) in [6, 6.07) is 5.32. The van der Waals surface area contributed by atoms with E-state index >= 15 is 0 Å². The van der Waals surface area contributed by atoms with Crippen LogP contribution in [0.3, 0.4) is 0 Å². The van der Waals surface area contributed by atoms with Gasteiger partial charge in [0.05, 0.1) is 6.61 Å². The average molecular weight is 468 g/mol. The third-order valence-electron chi connectivity index (χ3n) is 6.55. The third-order valence-corrected chi connectivity index (χ3v) is 6.55. The Labute approximate surface area is 200 Å². The molecule has 0 unspecified atom stereocenters. The largest absolute Gasteiger partial charge is 0.490 e. The number of ketones is 2. The quantitative estimate of drug-likeness (QED) is 0.667. The molecule has 182 valence electrons. The van der Waals surface area contributed by atoms with Crippen molar-refractivity contribution in [3.8, 4) is 11.5 Å². The van der Waals surface area contributed by atoms with Gasteiger partial charge in [-0.15, -0.1) is 0 Å². The number of hydrogen-bond acceptors (Lipinski definition) is 6. The number of ether oxygens (including phenoxy) is 3. The Hall–Kier alpha value is -3.09. The summed E-state index contributed by atoms with van der Waals surface area (Å²) in [7, 11) is 0. The standard InChI is InChI=1S/C27H33NO6/c1-6-32-19-9-15(7-8-18(19)33-14-22(28)31)23-24-16(29)10-26(2,3)12-20(24)34-21-13-27(4,5)11-17(30)25(21)23/h7-9,23H,6,10-14H2,1-5H3,(H2,28,31). The van der Waals surface area contributed by atoms with Crippen molar-refractivity contribution in [3.05, 3.63) is 46.4 Å². The van der Waals surface area contributed by atoms with Crippen molar-refractivity contribution >= 4 is 17.5 Å². The van der Waals surface area contributed by atoms with E-state index < -0.39 is 11.8 Å². The number of rotatable bonds is 6. The van der Waals surface area contributed by atoms with Gasteiger partial charge >= 0.3 is 0 Å². The molecular formula is C27H33NO6. The van der Waals surface area contributed by atoms with E-state index in [0.29, 0.717) is 66.5 Å². The molecular weight excluding hydrogens is 434 g/mol. The second kappa shape index (κ2) is 8.60. The van der Waals surface area contributed by atoms with Gasteiger partial charge in [0.1, 0.15) is 11.5 Å². The summed E-state index contributed by atoms with van der Waals surface area (Å²) in [5.74, 6) is 1.06. The van der Waals surface area contributed by atoms with Crippen molar-refractivity contribution in [1.29, 1.82) is 0 Å². The number of carbonyl (C=O) groups is 3. The van der Waals surface area contributed by atoms with Crippen LogP contribution in [0, 0.1) is 10.8 Å². The van der Waals surface area contributed by atoms with Crippen LogP contribution in [0.4, 0.5) is 0 Å². The molecule has 1 aromatic rings. The molecule has 1 aliphatic heterocycles. The first-order valence-corrected chi connectivity index (χ1v) is 11.8. The van der Waals surface area contributed by atoms with Gasteiger partial charge in [0.25, 0.3) is 5.91 Å². The number of benzene rings is 1. The maximum absolute atomic E-state index is 13.4. The van der Waals surface area contributed by atoms with Gasteiger partial charge in [0.2, 0.25) is 0 Å². The summed E-state index contributed by atoms with van der Waals surface area (Å²) in [6.07, 6.45) is 2.06. The van der Waals surface area contributed by atoms with Crippen molar-refractivity contribution in [2.24, 2.45) is 16.6 Å². The minimum atomic E-state index is -0.591. The topological polar surface area (TPSA) is 105 Å². The zero-order valence-corrected chi connectivity index (χ0v) is 20.6. The summed E-state index contributed by atoms with van der Waals surface area (Å²) in [5, 5.41) is 0. The van der Waals surface area contributed by atoms with Crippen LogP contribution in [-0.4, -0.2) is 30.7 Å². The van der Waals surface area contributed by atoms with Gasteiger partial charge in [-0.05, 0) is 35.4 Å². The monoisotopic (exact) mass is 467 g/mol. The molecule has 0 saturated heterocycles. The zero-order valence-electron chi connectivity index (χ0n) is 20.6. The van der Waals surface area contributed by atoms with Gasteiger partial charge in [-0.1, -0.05) is 33.8 Å². The maximum atomic E-state index is 13.4. The molecule has 0 fully saturated rings. The van der Waals surface area contributed by atoms with Crippen LogP contribution >= 0.6 is 0 Å². The molecule has 1 heterocycles. The fraction of sp³-hybridized carbons (Fsp3) is 0.519. The number of hydrogen-bond donors (Lipinski definition) is 1. The van der Waals surface area contributed by atoms with E-state index in [1.165, 1.54) is 0 Å². The van der Waals surface area contributed by atoms with Crippen molar-refractivity contribution in [1.82, 2.24) is 0 Å². The second-order valence-corrected chi connectivity index (χ2v) is 11.0. The van der Waals surface area contributed by atoms with Crippen LogP contribution < -0.4 is 15.2 Å². The Morgan fingerprint density at radius 3 is 2.00 bits per heavy atom. The first kappa shape index (κ1) is 24.0. The van der Waals surface area contributed by atoms with Crippen LogP contribution in [-0.2, 0) is 19.1 Å². The summed E-state index contributed by atoms with van der Waals surface area (Å²) in [6.45, 7) is 10.2. The lowest BCUT2D eigenvalue weighted by atomic mass is 9.65. The van der Waals surface area contributed by atoms with Gasteiger partial charge < -0.3 is 19.9 Å². The van der Waals surface area contributed by atoms with Gasteiger partial charge in [-0.25, -0.2) is 0 Å². The maximum Gasteiger partial charge on any atom is 0.255 e. The SMILES string of the molecule is CCOc1cc(C2C3=C(CC(C)(C)CC3=O)OC3=C2C(=O)CC(C)(C)C3)ccc1OCC(N)=O. The van der Waals surface area contributed by atoms with Crippen LogP contribution in [0.1, 0.15) is 71.8 Å². The smallest absolute Gasteiger partial charge is 0.255 e. The predicted molar refractivity (Wildman–Crippen MR) is 126 cm³/mol. The molecule has 0 spiro atoms. The zero-order chi connectivity index (χ0) is 24.8. The lowest BCUT2D eigenvalue weighted by Crippen LogP contribution is -2.37. The van der Waals surface area contributed by atoms with Gasteiger partial charge in [0, 0.05) is 42.7 Å². The first-order valence-electron chi connectivity index (χ1n) is 11.8. The highest BCUT2D eigenvalue weighted by Gasteiger charge is 2.47. The lowest BCUT2D eigenvalue weighted by Gasteiger charge is -2.42. The molecule has 2 N–H and O–H groups in total. The van der Waals surface area contributed by atoms with E-state index in [0.717, 1.165) is 5.56 Å². The summed E-state index contributed by atoms with van der Waals surface area (Å²) in [5.41, 5.74) is 6.70. The van der Waals surface area contributed by atoms with Gasteiger partial charge in [-0.3, -0.25) is 14.4 Å². The molecule has 7 nitrogen and oxygen atoms in total. The van der Waals surface area contributed by atoms with E-state index in [9.17, 15) is 14.4 Å². The highest BCUT2D eigenvalue weighted by atomic mass is 16.5. The van der Waals surface area contributed by atoms with Crippen LogP contribution in [0.2, 0.25) is 0 Å². The Morgan fingerprint density at radius 1 is 0.941 bits per heavy atom. The fourth-order valence-electron chi connectivity index (χ4n) is 5.25. The Balaban J connectivity index is 1.86. The molecule has 1 aromatic carbocycles. The van der Waals surface area contributed by atoms with Crippen molar-refractivity contribution in [3.63, 3.8) is 0 Å². The molecule has 2 aliphatic carbocycles. The summed E-state index contributed by atoms with van der Waals surface area (Å²) < 4.78 is 17.6. The number of nitrogens with two attached hydrogens (primary N) is 1. The molecule has 0 bridgehead atoms. The van der Waals surface area contributed by atoms with E-state index in [-0.39, 0.29) is 29.0 Å². The average Bonchev–Trinajstić information content (AvgIpc) is 2.69. The normalized spacial score (nSPS) is 21.6. The molecule has 4 rings (SSSR count). The van der Waals surface area contributed by atoms with E-state index in [2.05, 4.69) is 27.7 Å². The Bertz CT molecular complexity index is 1070. The lowest BCUT2D eigenvalue weighted by molar-refractivity contribution is -0.121. The van der Waals surface area contributed by atoms with Crippen LogP contribution in [0.5, 0.6) is 11.5 Å². The minimum absolute atomic E-state index is 0.00690. The van der Waals surface area contributed by atoms with Crippen molar-refractivity contribution in [2.75, 3.05) is 13.2 Å². The number of amides is 1. The molecule has 34 heavy (non-hydrogen) atoms. The Kier molecular flexibility index (Phi) is 6.08. The van der Waals surface area contributed by atoms with Crippen LogP contribution in [0.25, 0.3) is 0 Å². The molecule has 0 radical (unpaired) electrons. The molecule has 0 aromatic heterocycles. The third kappa shape index (κ3) is 4.61. The molecule has 7 heteroatoms. The first-order chi connectivity index (χ1) is 15.9. The molecule has 0 saturated carbocycles. The van der Waals surface area contributed by atoms with E-state index in [1.54, 1.807) is 12.1 Å². The van der Waals surface area contributed by atoms with Crippen molar-refractivity contribution in [2.45, 2.75) is 66.2 Å². The number of allylic oxidation sites excluding steroid dienone is 4. The number of carbonyl (C=O) groups excluding carboxylic acids is 3. The fourth-order valence-corrected chi connectivity index (χ4v) is 5.25. The summed E-state index contributed by atoms with van der Waals surface area (Å²) in [4.78, 5) is 38.0. The second-order valence-electron chi connectivity index (χ2n) is 11.0. The predicted octanol–water partition coefficient (Wildman–Crippen LogP) is 4.35. The van der Waals surface area contributed by atoms with Crippen LogP contribution in [0.15, 0.2) is 40.9 Å². The highest BCUT2D eigenvalue weighted by Crippen LogP contribution is 2.53. The number of primary amides is 1. The van der Waals surface area contributed by atoms with Gasteiger partial charge in [-0.2, -0.15) is 0 Å². The number of Topliss-reactive ketones (excluding diaryl/α,β-unsaturated/α-hetero) is 2. The van der Waals surface area contributed by atoms with Gasteiger partial charge in [0.15, 0.2) is 29.7 Å². The van der Waals surface area contributed by atoms with E-state index in [4.69, 9.17) is 19.9 Å². The van der Waals surface area contributed by atoms with E-state index in [1.807, 2.05) is 13.0 Å². The molecule has 0 atom stereocenters. The van der Waals surface area contributed by atoms with Crippen molar-refractivity contribution < 1.29 is 28.6 Å². The molecule has 3 aliphatic rings. The molecule has 1 amide bonds. The Morgan fingerprint density at radius 2 is 1.50 bits per heavy atom. The minimum Gasteiger partial charge on any atom is -0.490 e. The summed E-state index contributed by atoms with van der Waals surface area (Å²) >= 11 is 0.